The van der Waals surface area contributed by atoms with E-state index in [9.17, 15) is 30.4 Å². The van der Waals surface area contributed by atoms with Gasteiger partial charge < -0.3 is 10.1 Å². The molecule has 4 nitrogen and oxygen atoms in total. The molecule has 0 radical (unpaired) electrons. The Morgan fingerprint density at radius 3 is 2.33 bits per heavy atom. The summed E-state index contributed by atoms with van der Waals surface area (Å²) in [6.45, 7) is 1.50. The fraction of sp³-hybridized carbons (Fsp3) is 1.00. The smallest absolute Gasteiger partial charge is 0.379 e. The predicted molar refractivity (Wildman–Crippen MR) is 66.1 cm³/mol. The topological polar surface area (TPSA) is 55.4 Å². The van der Waals surface area contributed by atoms with Crippen molar-refractivity contribution in [1.29, 1.82) is 0 Å². The van der Waals surface area contributed by atoms with Crippen LogP contribution in [0.5, 0.6) is 0 Å². The van der Waals surface area contributed by atoms with E-state index >= 15 is 0 Å². The normalized spacial score (nSPS) is 21.5. The van der Waals surface area contributed by atoms with Crippen molar-refractivity contribution in [1.82, 2.24) is 5.32 Å². The maximum atomic E-state index is 12.6. The van der Waals surface area contributed by atoms with Crippen LogP contribution >= 0.6 is 0 Å². The average Bonchev–Trinajstić information content (AvgIpc) is 2.36. The summed E-state index contributed by atoms with van der Waals surface area (Å²) in [5.41, 5.74) is 0. The lowest BCUT2D eigenvalue weighted by molar-refractivity contribution is -0.284. The van der Waals surface area contributed by atoms with Gasteiger partial charge in [0.1, 0.15) is 9.84 Å². The summed E-state index contributed by atoms with van der Waals surface area (Å²) < 4.78 is 89.4. The third-order valence-electron chi connectivity index (χ3n) is 3.14. The van der Waals surface area contributed by atoms with Crippen LogP contribution in [0.25, 0.3) is 0 Å². The first-order valence-corrected chi connectivity index (χ1v) is 8.32. The number of halogens is 5. The molecule has 21 heavy (non-hydrogen) atoms. The molecule has 0 aromatic rings. The van der Waals surface area contributed by atoms with Crippen LogP contribution in [-0.2, 0) is 14.6 Å². The molecule has 0 aromatic carbocycles. The number of nitrogens with one attached hydrogen (secondary N) is 1. The molecule has 1 fully saturated rings. The first-order chi connectivity index (χ1) is 9.54. The number of alkyl halides is 5. The Balaban J connectivity index is 2.32. The van der Waals surface area contributed by atoms with Crippen LogP contribution in [0.1, 0.15) is 19.3 Å². The minimum absolute atomic E-state index is 0.134. The lowest BCUT2D eigenvalue weighted by Gasteiger charge is -2.23. The third kappa shape index (κ3) is 6.43. The van der Waals surface area contributed by atoms with Crippen LogP contribution in [0.4, 0.5) is 22.0 Å². The van der Waals surface area contributed by atoms with E-state index in [1.165, 1.54) is 0 Å². The second kappa shape index (κ2) is 7.19. The molecular formula is C11H18F5NO3S. The first kappa shape index (κ1) is 18.6. The van der Waals surface area contributed by atoms with E-state index in [1.807, 2.05) is 0 Å². The number of rotatable bonds is 7. The Morgan fingerprint density at radius 1 is 1.14 bits per heavy atom. The maximum absolute atomic E-state index is 12.6. The van der Waals surface area contributed by atoms with Crippen molar-refractivity contribution in [2.45, 2.75) is 37.4 Å². The summed E-state index contributed by atoms with van der Waals surface area (Å²) in [6, 6.07) is -0.134. The predicted octanol–water partition coefficient (Wildman–Crippen LogP) is 1.76. The van der Waals surface area contributed by atoms with Crippen molar-refractivity contribution in [3.63, 3.8) is 0 Å². The molecule has 0 unspecified atom stereocenters. The van der Waals surface area contributed by atoms with Gasteiger partial charge in [-0.05, 0) is 12.8 Å². The summed E-state index contributed by atoms with van der Waals surface area (Å²) >= 11 is 0. The molecule has 0 aliphatic carbocycles. The average molecular weight is 339 g/mol. The van der Waals surface area contributed by atoms with Gasteiger partial charge in [0.05, 0.1) is 24.7 Å². The Morgan fingerprint density at radius 2 is 1.81 bits per heavy atom. The molecule has 0 aromatic heterocycles. The van der Waals surface area contributed by atoms with Crippen molar-refractivity contribution in [2.75, 3.05) is 31.3 Å². The van der Waals surface area contributed by atoms with Crippen LogP contribution in [0.2, 0.25) is 0 Å². The van der Waals surface area contributed by atoms with Gasteiger partial charge in [-0.15, -0.1) is 0 Å². The lowest BCUT2D eigenvalue weighted by atomic mass is 10.2. The highest BCUT2D eigenvalue weighted by atomic mass is 32.2. The molecule has 126 valence electrons. The standard InChI is InChI=1S/C11H18F5NO3S/c12-10(13,11(14,15)16)3-1-6-21(18,19)7-2-9-8-20-5-4-17-9/h9,17H,1-8H2/t9-/m1/s1. The van der Waals surface area contributed by atoms with Gasteiger partial charge in [-0.25, -0.2) is 8.42 Å². The van der Waals surface area contributed by atoms with E-state index in [2.05, 4.69) is 5.32 Å². The fourth-order valence-electron chi connectivity index (χ4n) is 1.88. The summed E-state index contributed by atoms with van der Waals surface area (Å²) in [5, 5.41) is 3.03. The molecule has 1 N–H and O–H groups in total. The van der Waals surface area contributed by atoms with Gasteiger partial charge in [-0.2, -0.15) is 22.0 Å². The summed E-state index contributed by atoms with van der Waals surface area (Å²) in [5.74, 6) is -5.78. The van der Waals surface area contributed by atoms with Gasteiger partial charge in [0.15, 0.2) is 0 Å². The van der Waals surface area contributed by atoms with Crippen molar-refractivity contribution < 1.29 is 35.1 Å². The monoisotopic (exact) mass is 339 g/mol. The number of sulfone groups is 1. The Bertz CT molecular complexity index is 418. The molecule has 1 saturated heterocycles. The highest BCUT2D eigenvalue weighted by Gasteiger charge is 2.56. The summed E-state index contributed by atoms with van der Waals surface area (Å²) in [4.78, 5) is 0. The molecular weight excluding hydrogens is 321 g/mol. The molecule has 1 rings (SSSR count). The SMILES string of the molecule is O=S(=O)(CCCC(F)(F)C(F)(F)F)CC[C@@H]1COCCN1. The molecule has 0 spiro atoms. The minimum Gasteiger partial charge on any atom is -0.379 e. The van der Waals surface area contributed by atoms with E-state index < -0.39 is 40.5 Å². The van der Waals surface area contributed by atoms with Crippen LogP contribution in [0, 0.1) is 0 Å². The zero-order chi connectivity index (χ0) is 16.1. The van der Waals surface area contributed by atoms with Crippen molar-refractivity contribution in [3.05, 3.63) is 0 Å². The zero-order valence-corrected chi connectivity index (χ0v) is 12.1. The van der Waals surface area contributed by atoms with E-state index in [1.54, 1.807) is 0 Å². The van der Waals surface area contributed by atoms with Gasteiger partial charge in [0.25, 0.3) is 0 Å². The number of ether oxygens (including phenoxy) is 1. The molecule has 1 atom stereocenters. The van der Waals surface area contributed by atoms with Crippen molar-refractivity contribution in [2.24, 2.45) is 0 Å². The molecule has 0 saturated carbocycles. The maximum Gasteiger partial charge on any atom is 0.453 e. The van der Waals surface area contributed by atoms with Crippen molar-refractivity contribution >= 4 is 9.84 Å². The molecule has 1 aliphatic heterocycles. The highest BCUT2D eigenvalue weighted by molar-refractivity contribution is 7.91. The van der Waals surface area contributed by atoms with Crippen LogP contribution < -0.4 is 5.32 Å². The van der Waals surface area contributed by atoms with Gasteiger partial charge >= 0.3 is 12.1 Å². The quantitative estimate of drug-likeness (QED) is 0.718. The van der Waals surface area contributed by atoms with Gasteiger partial charge in [-0.3, -0.25) is 0 Å². The zero-order valence-electron chi connectivity index (χ0n) is 11.3. The van der Waals surface area contributed by atoms with Crippen molar-refractivity contribution in [3.8, 4) is 0 Å². The van der Waals surface area contributed by atoms with Gasteiger partial charge in [0.2, 0.25) is 0 Å². The minimum atomic E-state index is -5.64. The first-order valence-electron chi connectivity index (χ1n) is 6.50. The van der Waals surface area contributed by atoms with Crippen LogP contribution in [0.15, 0.2) is 0 Å². The highest BCUT2D eigenvalue weighted by Crippen LogP contribution is 2.38. The third-order valence-corrected chi connectivity index (χ3v) is 4.90. The molecule has 1 heterocycles. The molecule has 1 aliphatic rings. The summed E-state index contributed by atoms with van der Waals surface area (Å²) in [7, 11) is -3.65. The molecule has 0 amide bonds. The number of hydrogen-bond acceptors (Lipinski definition) is 4. The lowest BCUT2D eigenvalue weighted by Crippen LogP contribution is -2.42. The number of morpholine rings is 1. The number of hydrogen-bond donors (Lipinski definition) is 1. The van der Waals surface area contributed by atoms with E-state index in [-0.39, 0.29) is 18.2 Å². The summed E-state index contributed by atoms with van der Waals surface area (Å²) in [6.07, 6.45) is -7.62. The van der Waals surface area contributed by atoms with E-state index in [0.29, 0.717) is 19.8 Å². The largest absolute Gasteiger partial charge is 0.453 e. The molecule has 0 bridgehead atoms. The van der Waals surface area contributed by atoms with E-state index in [4.69, 9.17) is 4.74 Å². The van der Waals surface area contributed by atoms with Crippen LogP contribution in [-0.4, -0.2) is 57.8 Å². The van der Waals surface area contributed by atoms with Gasteiger partial charge in [0, 0.05) is 19.0 Å². The van der Waals surface area contributed by atoms with E-state index in [0.717, 1.165) is 0 Å². The fourth-order valence-corrected chi connectivity index (χ4v) is 3.32. The van der Waals surface area contributed by atoms with Crippen LogP contribution in [0.3, 0.4) is 0 Å². The molecule has 10 heteroatoms. The Hall–Kier alpha value is -0.480. The Kier molecular flexibility index (Phi) is 6.36. The van der Waals surface area contributed by atoms with Gasteiger partial charge in [-0.1, -0.05) is 0 Å². The Labute approximate surface area is 119 Å². The second-order valence-electron chi connectivity index (χ2n) is 4.97. The second-order valence-corrected chi connectivity index (χ2v) is 7.28.